The van der Waals surface area contributed by atoms with Crippen LogP contribution in [0.25, 0.3) is 0 Å². The Morgan fingerprint density at radius 2 is 2.14 bits per heavy atom. The molecule has 3 rings (SSSR count). The number of piperidine rings is 1. The van der Waals surface area contributed by atoms with Crippen LogP contribution >= 0.6 is 0 Å². The van der Waals surface area contributed by atoms with Crippen LogP contribution in [-0.2, 0) is 20.7 Å². The first-order valence-corrected chi connectivity index (χ1v) is 10.9. The number of hydrogen-bond donors (Lipinski definition) is 3. The Bertz CT molecular complexity index is 688. The first-order valence-electron chi connectivity index (χ1n) is 11.4. The lowest BCUT2D eigenvalue weighted by Crippen LogP contribution is -2.50. The van der Waals surface area contributed by atoms with Gasteiger partial charge in [-0.2, -0.15) is 5.21 Å². The van der Waals surface area contributed by atoms with Gasteiger partial charge in [-0.15, -0.1) is 10.2 Å². The van der Waals surface area contributed by atoms with Gasteiger partial charge in [0, 0.05) is 19.9 Å². The van der Waals surface area contributed by atoms with Crippen molar-refractivity contribution < 1.29 is 15.7 Å². The molecule has 1 saturated heterocycles. The van der Waals surface area contributed by atoms with Crippen molar-refractivity contribution in [1.29, 1.82) is 0 Å². The van der Waals surface area contributed by atoms with Crippen LogP contribution in [0.1, 0.15) is 65.5 Å². The average molecular weight is 408 g/mol. The van der Waals surface area contributed by atoms with Crippen LogP contribution in [-0.4, -0.2) is 58.2 Å². The molecule has 9 heteroatoms. The number of H-pyrrole nitrogens is 1. The first-order chi connectivity index (χ1) is 14.5. The smallest absolute Gasteiger partial charge is 0.323 e. The number of aryl methyl sites for hydroxylation is 1. The molecule has 2 aliphatic rings. The number of unbranched alkanes of at least 4 members (excludes halogenated alkanes) is 2. The Kier molecular flexibility index (Phi) is 7.84. The lowest BCUT2D eigenvalue weighted by Gasteiger charge is -2.42. The molecule has 2 fully saturated rings. The second-order valence-corrected chi connectivity index (χ2v) is 8.31. The molecule has 9 nitrogen and oxygen atoms in total. The van der Waals surface area contributed by atoms with E-state index in [1.807, 2.05) is 0 Å². The standard InChI is InChI=1S/C20H34N6O3/c1-14(27)21-9-3-2-4-10-29-20(28)18-12-17-11-15(5-7-16(17)13-22-18)6-8-19-23-25-26-24-19/h15-18,22H,2-13H2,1H3,(H,21,27)(H,23,24,25,26)/t15-,16+,17-,18+/m1/s1/i18D. The summed E-state index contributed by atoms with van der Waals surface area (Å²) in [6.45, 7) is 3.17. The number of fused-ring (bicyclic) bond motifs is 1. The predicted octanol–water partition coefficient (Wildman–Crippen LogP) is 1.38. The zero-order valence-corrected chi connectivity index (χ0v) is 17.3. The van der Waals surface area contributed by atoms with Crippen molar-refractivity contribution in [3.8, 4) is 0 Å². The summed E-state index contributed by atoms with van der Waals surface area (Å²) in [5, 5.41) is 20.0. The summed E-state index contributed by atoms with van der Waals surface area (Å²) in [7, 11) is 0. The number of aromatic nitrogens is 4. The lowest BCUT2D eigenvalue weighted by atomic mass is 9.69. The largest absolute Gasteiger partial charge is 0.465 e. The Morgan fingerprint density at radius 1 is 1.24 bits per heavy atom. The minimum Gasteiger partial charge on any atom is -0.465 e. The van der Waals surface area contributed by atoms with Gasteiger partial charge in [-0.25, -0.2) is 0 Å². The lowest BCUT2D eigenvalue weighted by molar-refractivity contribution is -0.148. The third-order valence-corrected chi connectivity index (χ3v) is 6.13. The number of hydrogen-bond acceptors (Lipinski definition) is 7. The van der Waals surface area contributed by atoms with E-state index in [-0.39, 0.29) is 5.91 Å². The van der Waals surface area contributed by atoms with Crippen LogP contribution in [0, 0.1) is 17.8 Å². The molecule has 3 N–H and O–H groups in total. The van der Waals surface area contributed by atoms with Crippen molar-refractivity contribution in [2.24, 2.45) is 17.8 Å². The number of nitrogens with one attached hydrogen (secondary N) is 3. The molecule has 0 bridgehead atoms. The van der Waals surface area contributed by atoms with Crippen molar-refractivity contribution in [2.75, 3.05) is 19.7 Å². The maximum absolute atomic E-state index is 12.6. The molecule has 2 heterocycles. The molecule has 4 atom stereocenters. The van der Waals surface area contributed by atoms with Gasteiger partial charge >= 0.3 is 5.97 Å². The van der Waals surface area contributed by atoms with Gasteiger partial charge in [0.1, 0.15) is 6.02 Å². The number of carbonyl (C=O) groups excluding carboxylic acids is 2. The average Bonchev–Trinajstić information content (AvgIpc) is 3.24. The highest BCUT2D eigenvalue weighted by Crippen LogP contribution is 2.40. The number of ether oxygens (including phenoxy) is 1. The van der Waals surface area contributed by atoms with Gasteiger partial charge < -0.3 is 15.4 Å². The zero-order chi connectivity index (χ0) is 21.4. The summed E-state index contributed by atoms with van der Waals surface area (Å²) in [5.41, 5.74) is 0. The van der Waals surface area contributed by atoms with E-state index in [4.69, 9.17) is 6.11 Å². The third kappa shape index (κ3) is 7.06. The van der Waals surface area contributed by atoms with E-state index in [9.17, 15) is 9.59 Å². The molecule has 1 amide bonds. The maximum Gasteiger partial charge on any atom is 0.323 e. The highest BCUT2D eigenvalue weighted by molar-refractivity contribution is 5.76. The van der Waals surface area contributed by atoms with Gasteiger partial charge in [-0.05, 0) is 69.2 Å². The van der Waals surface area contributed by atoms with E-state index in [0.717, 1.165) is 50.8 Å². The topological polar surface area (TPSA) is 122 Å². The summed E-state index contributed by atoms with van der Waals surface area (Å²) in [5.74, 6) is 1.74. The molecule has 29 heavy (non-hydrogen) atoms. The summed E-state index contributed by atoms with van der Waals surface area (Å²) >= 11 is 0. The van der Waals surface area contributed by atoms with Crippen LogP contribution in [0.15, 0.2) is 0 Å². The fourth-order valence-electron chi connectivity index (χ4n) is 4.49. The van der Waals surface area contributed by atoms with Crippen molar-refractivity contribution in [1.82, 2.24) is 31.3 Å². The monoisotopic (exact) mass is 407 g/mol. The normalized spacial score (nSPS) is 29.6. The van der Waals surface area contributed by atoms with Crippen LogP contribution in [0.3, 0.4) is 0 Å². The molecule has 1 aliphatic carbocycles. The summed E-state index contributed by atoms with van der Waals surface area (Å²) in [4.78, 5) is 23.4. The molecule has 1 aromatic rings. The summed E-state index contributed by atoms with van der Waals surface area (Å²) in [6, 6.07) is -1.34. The molecule has 0 spiro atoms. The SMILES string of the molecule is [2H][C@@]1(C(=O)OCCCCCNC(C)=O)C[C@H]2C[C@@H](CCc3nn[nH]n3)CC[C@H]2CN1. The number of rotatable bonds is 10. The molecular formula is C20H34N6O3. The van der Waals surface area contributed by atoms with Gasteiger partial charge in [0.2, 0.25) is 5.91 Å². The maximum atomic E-state index is 12.6. The van der Waals surface area contributed by atoms with E-state index in [2.05, 4.69) is 31.3 Å². The van der Waals surface area contributed by atoms with Gasteiger partial charge in [-0.3, -0.25) is 9.59 Å². The first kappa shape index (κ1) is 20.3. The Hall–Kier alpha value is -2.03. The second-order valence-electron chi connectivity index (χ2n) is 8.31. The molecule has 1 saturated carbocycles. The number of carbonyl (C=O) groups is 2. The number of amides is 1. The molecule has 0 aromatic carbocycles. The number of esters is 1. The predicted molar refractivity (Wildman–Crippen MR) is 107 cm³/mol. The van der Waals surface area contributed by atoms with Crippen molar-refractivity contribution in [2.45, 2.75) is 70.7 Å². The molecule has 0 radical (unpaired) electrons. The molecule has 1 aromatic heterocycles. The number of tetrazole rings is 1. The van der Waals surface area contributed by atoms with Crippen molar-refractivity contribution in [3.05, 3.63) is 5.82 Å². The summed E-state index contributed by atoms with van der Waals surface area (Å²) < 4.78 is 14.1. The van der Waals surface area contributed by atoms with E-state index in [1.165, 1.54) is 13.3 Å². The minimum atomic E-state index is -1.34. The van der Waals surface area contributed by atoms with Gasteiger partial charge in [-0.1, -0.05) is 11.6 Å². The van der Waals surface area contributed by atoms with Crippen LogP contribution < -0.4 is 10.6 Å². The van der Waals surface area contributed by atoms with E-state index in [0.29, 0.717) is 43.9 Å². The Labute approximate surface area is 173 Å². The number of aromatic amines is 1. The van der Waals surface area contributed by atoms with Crippen LogP contribution in [0.4, 0.5) is 0 Å². The second kappa shape index (κ2) is 11.2. The van der Waals surface area contributed by atoms with E-state index >= 15 is 0 Å². The fourth-order valence-corrected chi connectivity index (χ4v) is 4.49. The van der Waals surface area contributed by atoms with Gasteiger partial charge in [0.25, 0.3) is 0 Å². The highest BCUT2D eigenvalue weighted by Gasteiger charge is 2.38. The van der Waals surface area contributed by atoms with Gasteiger partial charge in [0.15, 0.2) is 5.82 Å². The van der Waals surface area contributed by atoms with Crippen molar-refractivity contribution >= 4 is 11.9 Å². The Balaban J connectivity index is 1.38. The Morgan fingerprint density at radius 3 is 2.93 bits per heavy atom. The quantitative estimate of drug-likeness (QED) is 0.395. The number of nitrogens with zero attached hydrogens (tertiary/aromatic N) is 3. The molecule has 162 valence electrons. The molecular weight excluding hydrogens is 372 g/mol. The third-order valence-electron chi connectivity index (χ3n) is 6.13. The minimum absolute atomic E-state index is 0.0287. The molecule has 1 aliphatic heterocycles. The molecule has 0 unspecified atom stereocenters. The van der Waals surface area contributed by atoms with Crippen molar-refractivity contribution in [3.63, 3.8) is 0 Å². The van der Waals surface area contributed by atoms with Gasteiger partial charge in [0.05, 0.1) is 7.98 Å². The fraction of sp³-hybridized carbons (Fsp3) is 0.850. The van der Waals surface area contributed by atoms with E-state index < -0.39 is 12.0 Å². The zero-order valence-electron chi connectivity index (χ0n) is 18.3. The van der Waals surface area contributed by atoms with Crippen LogP contribution in [0.2, 0.25) is 0 Å². The summed E-state index contributed by atoms with van der Waals surface area (Å²) in [6.07, 6.45) is 8.17. The highest BCUT2D eigenvalue weighted by atomic mass is 16.5. The van der Waals surface area contributed by atoms with E-state index in [1.54, 1.807) is 0 Å². The van der Waals surface area contributed by atoms with Crippen LogP contribution in [0.5, 0.6) is 0 Å².